The van der Waals surface area contributed by atoms with Crippen LogP contribution in [-0.2, 0) is 11.3 Å². The Kier molecular flexibility index (Phi) is 7.16. The average molecular weight is 438 g/mol. The lowest BCUT2D eigenvalue weighted by molar-refractivity contribution is 0.199. The standard InChI is InChI=1S/C27H27N5O/c1-19-24-11-12-31-26(24)10-9-25(19)32-27-22(17-30-18-23(27)15-28)8-7-20-3-5-21(6-4-20)16-29-13-14-33-2/h3-12,17-18,29,31H,13-14,16H2,1-2H3,(H,30,32)/b8-7+. The van der Waals surface area contributed by atoms with Gasteiger partial charge in [-0.1, -0.05) is 36.4 Å². The van der Waals surface area contributed by atoms with Crippen LogP contribution in [0.25, 0.3) is 23.1 Å². The number of anilines is 2. The lowest BCUT2D eigenvalue weighted by Gasteiger charge is -2.14. The lowest BCUT2D eigenvalue weighted by atomic mass is 10.1. The molecule has 2 aromatic heterocycles. The number of nitrogens with zero attached hydrogens (tertiary/aromatic N) is 2. The van der Waals surface area contributed by atoms with Crippen LogP contribution >= 0.6 is 0 Å². The first-order valence-electron chi connectivity index (χ1n) is 10.9. The third-order valence-corrected chi connectivity index (χ3v) is 5.61. The van der Waals surface area contributed by atoms with E-state index in [0.717, 1.165) is 52.1 Å². The number of methoxy groups -OCH3 is 1. The van der Waals surface area contributed by atoms with Crippen LogP contribution < -0.4 is 10.6 Å². The maximum Gasteiger partial charge on any atom is 0.103 e. The van der Waals surface area contributed by atoms with E-state index < -0.39 is 0 Å². The first kappa shape index (κ1) is 22.3. The Balaban J connectivity index is 1.55. The van der Waals surface area contributed by atoms with Crippen LogP contribution in [0.15, 0.2) is 61.1 Å². The number of benzene rings is 2. The fourth-order valence-corrected chi connectivity index (χ4v) is 3.72. The number of aromatic nitrogens is 2. The number of aryl methyl sites for hydroxylation is 1. The minimum absolute atomic E-state index is 0.503. The summed E-state index contributed by atoms with van der Waals surface area (Å²) >= 11 is 0. The maximum absolute atomic E-state index is 9.68. The van der Waals surface area contributed by atoms with Crippen molar-refractivity contribution in [1.82, 2.24) is 15.3 Å². The zero-order valence-electron chi connectivity index (χ0n) is 18.9. The summed E-state index contributed by atoms with van der Waals surface area (Å²) in [6, 6.07) is 16.8. The van der Waals surface area contributed by atoms with Crippen LogP contribution in [0.4, 0.5) is 11.4 Å². The number of nitriles is 1. The van der Waals surface area contributed by atoms with Crippen molar-refractivity contribution >= 4 is 34.4 Å². The normalized spacial score (nSPS) is 11.2. The Morgan fingerprint density at radius 3 is 2.73 bits per heavy atom. The quantitative estimate of drug-likeness (QED) is 0.306. The van der Waals surface area contributed by atoms with Crippen molar-refractivity contribution in [2.75, 3.05) is 25.6 Å². The molecule has 0 saturated carbocycles. The van der Waals surface area contributed by atoms with Crippen LogP contribution in [-0.4, -0.2) is 30.2 Å². The van der Waals surface area contributed by atoms with Crippen molar-refractivity contribution in [3.05, 3.63) is 88.9 Å². The van der Waals surface area contributed by atoms with Crippen LogP contribution in [0.1, 0.15) is 27.8 Å². The summed E-state index contributed by atoms with van der Waals surface area (Å²) in [4.78, 5) is 7.49. The van der Waals surface area contributed by atoms with E-state index in [2.05, 4.69) is 63.9 Å². The molecule has 0 atom stereocenters. The molecule has 33 heavy (non-hydrogen) atoms. The van der Waals surface area contributed by atoms with Gasteiger partial charge >= 0.3 is 0 Å². The third kappa shape index (κ3) is 5.29. The van der Waals surface area contributed by atoms with Gasteiger partial charge in [0.2, 0.25) is 0 Å². The van der Waals surface area contributed by atoms with Gasteiger partial charge in [-0.15, -0.1) is 0 Å². The van der Waals surface area contributed by atoms with E-state index in [1.807, 2.05) is 30.5 Å². The number of hydrogen-bond acceptors (Lipinski definition) is 5. The molecule has 6 heteroatoms. The van der Waals surface area contributed by atoms with Crippen molar-refractivity contribution in [2.45, 2.75) is 13.5 Å². The smallest absolute Gasteiger partial charge is 0.103 e. The number of rotatable bonds is 9. The number of nitrogens with one attached hydrogen (secondary N) is 3. The summed E-state index contributed by atoms with van der Waals surface area (Å²) in [5, 5.41) is 17.7. The summed E-state index contributed by atoms with van der Waals surface area (Å²) in [7, 11) is 1.70. The number of fused-ring (bicyclic) bond motifs is 1. The van der Waals surface area contributed by atoms with E-state index in [9.17, 15) is 5.26 Å². The molecule has 3 N–H and O–H groups in total. The summed E-state index contributed by atoms with van der Waals surface area (Å²) < 4.78 is 5.05. The van der Waals surface area contributed by atoms with E-state index in [0.29, 0.717) is 12.2 Å². The van der Waals surface area contributed by atoms with Gasteiger partial charge in [0, 0.05) is 60.9 Å². The van der Waals surface area contributed by atoms with Crippen LogP contribution in [0.3, 0.4) is 0 Å². The van der Waals surface area contributed by atoms with Crippen molar-refractivity contribution in [1.29, 1.82) is 5.26 Å². The van der Waals surface area contributed by atoms with Crippen LogP contribution in [0.5, 0.6) is 0 Å². The Bertz CT molecular complexity index is 1300. The molecule has 0 spiro atoms. The van der Waals surface area contributed by atoms with Gasteiger partial charge in [0.1, 0.15) is 6.07 Å². The number of hydrogen-bond donors (Lipinski definition) is 3. The summed E-state index contributed by atoms with van der Waals surface area (Å²) in [6.45, 7) is 4.41. The van der Waals surface area contributed by atoms with Gasteiger partial charge in [-0.3, -0.25) is 4.98 Å². The fourth-order valence-electron chi connectivity index (χ4n) is 3.72. The summed E-state index contributed by atoms with van der Waals surface area (Å²) in [5.41, 5.74) is 7.58. The Morgan fingerprint density at radius 1 is 1.09 bits per heavy atom. The minimum atomic E-state index is 0.503. The van der Waals surface area contributed by atoms with Crippen molar-refractivity contribution in [3.8, 4) is 6.07 Å². The van der Waals surface area contributed by atoms with E-state index in [-0.39, 0.29) is 0 Å². The molecule has 0 bridgehead atoms. The Morgan fingerprint density at radius 2 is 1.94 bits per heavy atom. The molecule has 2 aromatic carbocycles. The third-order valence-electron chi connectivity index (χ3n) is 5.61. The van der Waals surface area contributed by atoms with Gasteiger partial charge in [0.25, 0.3) is 0 Å². The molecule has 0 unspecified atom stereocenters. The van der Waals surface area contributed by atoms with Crippen LogP contribution in [0.2, 0.25) is 0 Å². The summed E-state index contributed by atoms with van der Waals surface area (Å²) in [5.74, 6) is 0. The highest BCUT2D eigenvalue weighted by atomic mass is 16.5. The largest absolute Gasteiger partial charge is 0.383 e. The maximum atomic E-state index is 9.68. The monoisotopic (exact) mass is 437 g/mol. The number of pyridine rings is 1. The van der Waals surface area contributed by atoms with Gasteiger partial charge in [-0.25, -0.2) is 0 Å². The molecule has 2 heterocycles. The first-order chi connectivity index (χ1) is 16.2. The number of aromatic amines is 1. The zero-order chi connectivity index (χ0) is 23.0. The molecule has 4 rings (SSSR count). The van der Waals surface area contributed by atoms with Crippen molar-refractivity contribution in [2.24, 2.45) is 0 Å². The second kappa shape index (κ2) is 10.6. The van der Waals surface area contributed by atoms with Gasteiger partial charge in [0.15, 0.2) is 0 Å². The van der Waals surface area contributed by atoms with E-state index in [1.54, 1.807) is 19.5 Å². The average Bonchev–Trinajstić information content (AvgIpc) is 3.33. The van der Waals surface area contributed by atoms with E-state index in [4.69, 9.17) is 4.74 Å². The minimum Gasteiger partial charge on any atom is -0.383 e. The molecular formula is C27H27N5O. The highest BCUT2D eigenvalue weighted by Gasteiger charge is 2.11. The highest BCUT2D eigenvalue weighted by molar-refractivity contribution is 5.90. The van der Waals surface area contributed by atoms with Gasteiger partial charge in [-0.2, -0.15) is 5.26 Å². The van der Waals surface area contributed by atoms with Crippen molar-refractivity contribution < 1.29 is 4.74 Å². The predicted molar refractivity (Wildman–Crippen MR) is 134 cm³/mol. The van der Waals surface area contributed by atoms with Crippen LogP contribution in [0, 0.1) is 18.3 Å². The fraction of sp³-hybridized carbons (Fsp3) is 0.185. The number of ether oxygens (including phenoxy) is 1. The van der Waals surface area contributed by atoms with Crippen molar-refractivity contribution in [3.63, 3.8) is 0 Å². The summed E-state index contributed by atoms with van der Waals surface area (Å²) in [6.07, 6.45) is 9.33. The molecule has 0 saturated heterocycles. The second-order valence-electron chi connectivity index (χ2n) is 7.81. The predicted octanol–water partition coefficient (Wildman–Crippen LogP) is 5.39. The second-order valence-corrected chi connectivity index (χ2v) is 7.81. The number of H-pyrrole nitrogens is 1. The molecule has 6 nitrogen and oxygen atoms in total. The molecule has 4 aromatic rings. The zero-order valence-corrected chi connectivity index (χ0v) is 18.9. The molecular weight excluding hydrogens is 410 g/mol. The topological polar surface area (TPSA) is 85.8 Å². The highest BCUT2D eigenvalue weighted by Crippen LogP contribution is 2.31. The molecule has 166 valence electrons. The Labute approximate surface area is 193 Å². The first-order valence-corrected chi connectivity index (χ1v) is 10.9. The molecule has 0 aliphatic rings. The van der Waals surface area contributed by atoms with Gasteiger partial charge < -0.3 is 20.4 Å². The molecule has 0 radical (unpaired) electrons. The lowest BCUT2D eigenvalue weighted by Crippen LogP contribution is -2.18. The van der Waals surface area contributed by atoms with Gasteiger partial charge in [-0.05, 0) is 41.8 Å². The van der Waals surface area contributed by atoms with Gasteiger partial charge in [0.05, 0.1) is 17.9 Å². The SMILES string of the molecule is COCCNCc1ccc(/C=C/c2cncc(C#N)c2Nc2ccc3[nH]ccc3c2C)cc1. The molecule has 0 aliphatic carbocycles. The van der Waals surface area contributed by atoms with E-state index in [1.165, 1.54) is 5.56 Å². The molecule has 0 amide bonds. The van der Waals surface area contributed by atoms with E-state index >= 15 is 0 Å². The molecule has 0 fully saturated rings. The molecule has 0 aliphatic heterocycles. The Hall–Kier alpha value is -3.92.